The van der Waals surface area contributed by atoms with Crippen molar-refractivity contribution >= 4 is 17.7 Å². The molecule has 0 bridgehead atoms. The summed E-state index contributed by atoms with van der Waals surface area (Å²) in [6.07, 6.45) is 8.59. The number of aromatic nitrogens is 3. The van der Waals surface area contributed by atoms with E-state index in [2.05, 4.69) is 15.5 Å². The number of amides is 1. The van der Waals surface area contributed by atoms with Crippen LogP contribution in [0.4, 0.5) is 0 Å². The summed E-state index contributed by atoms with van der Waals surface area (Å²) in [5, 5.41) is 12.5. The van der Waals surface area contributed by atoms with Gasteiger partial charge in [-0.3, -0.25) is 4.79 Å². The Morgan fingerprint density at radius 1 is 1.12 bits per heavy atom. The van der Waals surface area contributed by atoms with Gasteiger partial charge < -0.3 is 9.88 Å². The van der Waals surface area contributed by atoms with Crippen molar-refractivity contribution < 1.29 is 4.79 Å². The molecule has 0 aliphatic heterocycles. The predicted octanol–water partition coefficient (Wildman–Crippen LogP) is 3.80. The summed E-state index contributed by atoms with van der Waals surface area (Å²) in [4.78, 5) is 12.3. The van der Waals surface area contributed by atoms with Crippen LogP contribution in [0.2, 0.25) is 0 Å². The molecule has 25 heavy (non-hydrogen) atoms. The first-order valence-corrected chi connectivity index (χ1v) is 10.1. The summed E-state index contributed by atoms with van der Waals surface area (Å²) in [5.41, 5.74) is 1.03. The van der Waals surface area contributed by atoms with Crippen LogP contribution in [0, 0.1) is 0 Å². The standard InChI is InChI=1S/C19H26N4OS/c1-23-18(15-10-6-5-7-11-15)21-22-19(23)25-14-17(24)20-16-12-8-3-2-4-9-13-16/h5-7,10-11,16H,2-4,8-9,12-14H2,1H3,(H,20,24). The minimum Gasteiger partial charge on any atom is -0.353 e. The average Bonchev–Trinajstić information content (AvgIpc) is 2.97. The molecule has 3 rings (SSSR count). The van der Waals surface area contributed by atoms with Crippen molar-refractivity contribution in [3.63, 3.8) is 0 Å². The van der Waals surface area contributed by atoms with Gasteiger partial charge in [0, 0.05) is 18.7 Å². The van der Waals surface area contributed by atoms with Gasteiger partial charge in [0.1, 0.15) is 0 Å². The molecule has 0 saturated heterocycles. The van der Waals surface area contributed by atoms with Crippen LogP contribution in [0.3, 0.4) is 0 Å². The van der Waals surface area contributed by atoms with Gasteiger partial charge in [0.15, 0.2) is 11.0 Å². The molecule has 1 aromatic heterocycles. The van der Waals surface area contributed by atoms with Crippen LogP contribution in [0.5, 0.6) is 0 Å². The fourth-order valence-corrected chi connectivity index (χ4v) is 4.00. The molecule has 5 nitrogen and oxygen atoms in total. The second-order valence-corrected chi connectivity index (χ2v) is 7.57. The number of nitrogens with one attached hydrogen (secondary N) is 1. The molecule has 0 unspecified atom stereocenters. The van der Waals surface area contributed by atoms with Crippen LogP contribution in [0.1, 0.15) is 44.9 Å². The molecule has 1 heterocycles. The van der Waals surface area contributed by atoms with Gasteiger partial charge in [-0.05, 0) is 12.8 Å². The van der Waals surface area contributed by atoms with Gasteiger partial charge in [-0.15, -0.1) is 10.2 Å². The topological polar surface area (TPSA) is 59.8 Å². The van der Waals surface area contributed by atoms with Crippen molar-refractivity contribution in [2.24, 2.45) is 7.05 Å². The van der Waals surface area contributed by atoms with Gasteiger partial charge in [-0.25, -0.2) is 0 Å². The first-order chi connectivity index (χ1) is 12.2. The highest BCUT2D eigenvalue weighted by molar-refractivity contribution is 7.99. The summed E-state index contributed by atoms with van der Waals surface area (Å²) < 4.78 is 1.95. The summed E-state index contributed by atoms with van der Waals surface area (Å²) in [6, 6.07) is 10.3. The van der Waals surface area contributed by atoms with E-state index < -0.39 is 0 Å². The molecule has 134 valence electrons. The van der Waals surface area contributed by atoms with Crippen LogP contribution < -0.4 is 5.32 Å². The molecule has 1 aliphatic rings. The average molecular weight is 359 g/mol. The minimum atomic E-state index is 0.0971. The van der Waals surface area contributed by atoms with Gasteiger partial charge in [-0.1, -0.05) is 74.2 Å². The number of carbonyl (C=O) groups excluding carboxylic acids is 1. The van der Waals surface area contributed by atoms with Gasteiger partial charge in [0.2, 0.25) is 5.91 Å². The fraction of sp³-hybridized carbons (Fsp3) is 0.526. The van der Waals surface area contributed by atoms with E-state index in [1.807, 2.05) is 41.9 Å². The lowest BCUT2D eigenvalue weighted by Crippen LogP contribution is -2.36. The Hall–Kier alpha value is -1.82. The highest BCUT2D eigenvalue weighted by Gasteiger charge is 2.16. The normalized spacial score (nSPS) is 16.2. The van der Waals surface area contributed by atoms with E-state index >= 15 is 0 Å². The summed E-state index contributed by atoms with van der Waals surface area (Å²) >= 11 is 1.45. The predicted molar refractivity (Wildman–Crippen MR) is 101 cm³/mol. The number of benzene rings is 1. The summed E-state index contributed by atoms with van der Waals surface area (Å²) in [6.45, 7) is 0. The molecule has 2 aromatic rings. The quantitative estimate of drug-likeness (QED) is 0.826. The van der Waals surface area contributed by atoms with Gasteiger partial charge >= 0.3 is 0 Å². The third-order valence-electron chi connectivity index (χ3n) is 4.67. The zero-order chi connectivity index (χ0) is 17.5. The van der Waals surface area contributed by atoms with E-state index in [4.69, 9.17) is 0 Å². The molecular weight excluding hydrogens is 332 g/mol. The maximum Gasteiger partial charge on any atom is 0.230 e. The second kappa shape index (κ2) is 9.04. The molecule has 1 aromatic carbocycles. The lowest BCUT2D eigenvalue weighted by Gasteiger charge is -2.20. The van der Waals surface area contributed by atoms with E-state index in [0.717, 1.165) is 29.4 Å². The number of carbonyl (C=O) groups is 1. The third-order valence-corrected chi connectivity index (χ3v) is 5.69. The van der Waals surface area contributed by atoms with Crippen molar-refractivity contribution in [3.8, 4) is 11.4 Å². The van der Waals surface area contributed by atoms with E-state index in [-0.39, 0.29) is 5.91 Å². The number of rotatable bonds is 5. The number of hydrogen-bond donors (Lipinski definition) is 1. The van der Waals surface area contributed by atoms with Crippen molar-refractivity contribution in [2.45, 2.75) is 56.1 Å². The SMILES string of the molecule is Cn1c(SCC(=O)NC2CCCCCCC2)nnc1-c1ccccc1. The highest BCUT2D eigenvalue weighted by Crippen LogP contribution is 2.22. The van der Waals surface area contributed by atoms with Gasteiger partial charge in [0.25, 0.3) is 0 Å². The Morgan fingerprint density at radius 2 is 1.80 bits per heavy atom. The van der Waals surface area contributed by atoms with Crippen LogP contribution >= 0.6 is 11.8 Å². The first-order valence-electron chi connectivity index (χ1n) is 9.11. The van der Waals surface area contributed by atoms with Crippen LogP contribution in [-0.4, -0.2) is 32.5 Å². The van der Waals surface area contributed by atoms with Crippen molar-refractivity contribution in [1.82, 2.24) is 20.1 Å². The van der Waals surface area contributed by atoms with E-state index in [0.29, 0.717) is 11.8 Å². The first kappa shape index (κ1) is 18.0. The third kappa shape index (κ3) is 5.08. The number of thioether (sulfide) groups is 1. The number of hydrogen-bond acceptors (Lipinski definition) is 4. The monoisotopic (exact) mass is 358 g/mol. The Balaban J connectivity index is 1.53. The zero-order valence-corrected chi connectivity index (χ0v) is 15.6. The molecule has 1 amide bonds. The lowest BCUT2D eigenvalue weighted by molar-refractivity contribution is -0.119. The largest absolute Gasteiger partial charge is 0.353 e. The molecule has 1 saturated carbocycles. The fourth-order valence-electron chi connectivity index (χ4n) is 3.28. The minimum absolute atomic E-state index is 0.0971. The van der Waals surface area contributed by atoms with E-state index in [1.165, 1.54) is 43.9 Å². The van der Waals surface area contributed by atoms with Gasteiger partial charge in [0.05, 0.1) is 5.75 Å². The molecule has 1 fully saturated rings. The van der Waals surface area contributed by atoms with Crippen LogP contribution in [0.25, 0.3) is 11.4 Å². The van der Waals surface area contributed by atoms with Crippen LogP contribution in [0.15, 0.2) is 35.5 Å². The summed E-state index contributed by atoms with van der Waals surface area (Å²) in [7, 11) is 1.94. The highest BCUT2D eigenvalue weighted by atomic mass is 32.2. The van der Waals surface area contributed by atoms with E-state index in [1.54, 1.807) is 0 Å². The maximum absolute atomic E-state index is 12.3. The summed E-state index contributed by atoms with van der Waals surface area (Å²) in [5.74, 6) is 1.31. The lowest BCUT2D eigenvalue weighted by atomic mass is 9.97. The Morgan fingerprint density at radius 3 is 2.52 bits per heavy atom. The molecule has 0 radical (unpaired) electrons. The van der Waals surface area contributed by atoms with E-state index in [9.17, 15) is 4.79 Å². The number of nitrogens with zero attached hydrogens (tertiary/aromatic N) is 3. The maximum atomic E-state index is 12.3. The van der Waals surface area contributed by atoms with Crippen molar-refractivity contribution in [2.75, 3.05) is 5.75 Å². The van der Waals surface area contributed by atoms with Crippen molar-refractivity contribution in [1.29, 1.82) is 0 Å². The Kier molecular flexibility index (Phi) is 6.50. The molecule has 0 spiro atoms. The Labute approximate surface area is 153 Å². The molecule has 1 aliphatic carbocycles. The molecular formula is C19H26N4OS. The van der Waals surface area contributed by atoms with Crippen molar-refractivity contribution in [3.05, 3.63) is 30.3 Å². The van der Waals surface area contributed by atoms with Crippen LogP contribution in [-0.2, 0) is 11.8 Å². The smallest absolute Gasteiger partial charge is 0.230 e. The second-order valence-electron chi connectivity index (χ2n) is 6.63. The molecule has 6 heteroatoms. The molecule has 0 atom stereocenters. The zero-order valence-electron chi connectivity index (χ0n) is 14.8. The van der Waals surface area contributed by atoms with Gasteiger partial charge in [-0.2, -0.15) is 0 Å². The Bertz CT molecular complexity index is 678. The molecule has 1 N–H and O–H groups in total.